The van der Waals surface area contributed by atoms with Crippen molar-refractivity contribution < 1.29 is 48.3 Å². The number of nitrogens with zero attached hydrogens (tertiary/aromatic N) is 2. The van der Waals surface area contributed by atoms with Crippen LogP contribution < -0.4 is 43.4 Å². The van der Waals surface area contributed by atoms with Crippen LogP contribution in [0.5, 0.6) is 0 Å². The highest BCUT2D eigenvalue weighted by molar-refractivity contribution is 5.99. The molecule has 7 atom stereocenters. The van der Waals surface area contributed by atoms with Crippen LogP contribution in [0.1, 0.15) is 101 Å². The predicted molar refractivity (Wildman–Crippen MR) is 275 cm³/mol. The molecule has 4 aromatic rings. The fourth-order valence-corrected chi connectivity index (χ4v) is 8.92. The molecule has 0 radical (unpaired) electrons. The zero-order valence-corrected chi connectivity index (χ0v) is 42.0. The van der Waals surface area contributed by atoms with E-state index in [1.54, 1.807) is 36.5 Å². The number of nitrogens with one attached hydrogen (secondary N) is 8. The maximum Gasteiger partial charge on any atom is 0.326 e. The fourth-order valence-electron chi connectivity index (χ4n) is 8.92. The minimum Gasteiger partial charge on any atom is -0.480 e. The summed E-state index contributed by atoms with van der Waals surface area (Å²) < 4.78 is 0. The monoisotopic (exact) mass is 1020 g/mol. The van der Waals surface area contributed by atoms with Crippen molar-refractivity contribution in [1.82, 2.24) is 46.9 Å². The number of ketones is 2. The Kier molecular flexibility index (Phi) is 22.3. The van der Waals surface area contributed by atoms with Crippen molar-refractivity contribution >= 4 is 69.8 Å². The van der Waals surface area contributed by atoms with Crippen LogP contribution in [0.2, 0.25) is 0 Å². The topological polar surface area (TPSA) is 355 Å². The van der Waals surface area contributed by atoms with E-state index >= 15 is 0 Å². The number of nitrogens with two attached hydrogens (primary N) is 2. The number of hydrogen-bond acceptors (Lipinski definition) is 11. The number of aromatic nitrogens is 3. The lowest BCUT2D eigenvalue weighted by molar-refractivity contribution is -0.143. The van der Waals surface area contributed by atoms with Gasteiger partial charge in [0.2, 0.25) is 35.4 Å². The third kappa shape index (κ3) is 18.3. The fraction of sp³-hybridized carbons (Fsp3) is 0.481. The van der Waals surface area contributed by atoms with Crippen molar-refractivity contribution in [2.24, 2.45) is 28.3 Å². The summed E-state index contributed by atoms with van der Waals surface area (Å²) in [6.45, 7) is 3.29. The number of Topliss-reactive ketones (excluding diaryl/α,β-unsaturated/α-hetero) is 2. The number of carboxylic acids is 1. The summed E-state index contributed by atoms with van der Waals surface area (Å²) in [5.41, 5.74) is 13.8. The third-order valence-corrected chi connectivity index (χ3v) is 12.9. The smallest absolute Gasteiger partial charge is 0.326 e. The first kappa shape index (κ1) is 57.0. The normalized spacial score (nSPS) is 21.5. The molecule has 2 aromatic heterocycles. The van der Waals surface area contributed by atoms with Gasteiger partial charge in [0, 0.05) is 80.1 Å². The number of aliphatic carboxylic acids is 1. The lowest BCUT2D eigenvalue weighted by atomic mass is 9.83. The van der Waals surface area contributed by atoms with Crippen LogP contribution in [0.4, 0.5) is 0 Å². The Labute approximate surface area is 429 Å². The number of carbonyl (C=O) groups is 9. The Morgan fingerprint density at radius 1 is 0.811 bits per heavy atom. The van der Waals surface area contributed by atoms with Gasteiger partial charge in [0.15, 0.2) is 11.7 Å². The van der Waals surface area contributed by atoms with Gasteiger partial charge in [-0.05, 0) is 68.6 Å². The minimum absolute atomic E-state index is 0.0242. The van der Waals surface area contributed by atoms with Crippen molar-refractivity contribution in [3.63, 3.8) is 0 Å². The molecule has 2 unspecified atom stereocenters. The van der Waals surface area contributed by atoms with E-state index in [0.29, 0.717) is 29.7 Å². The van der Waals surface area contributed by atoms with Crippen molar-refractivity contribution in [1.29, 1.82) is 0 Å². The molecule has 1 aliphatic heterocycles. The molecule has 0 bridgehead atoms. The molecule has 0 aliphatic carbocycles. The Balaban J connectivity index is 1.55. The molecule has 5 rings (SSSR count). The molecule has 1 aliphatic rings. The van der Waals surface area contributed by atoms with Gasteiger partial charge >= 0.3 is 5.97 Å². The van der Waals surface area contributed by atoms with Gasteiger partial charge < -0.3 is 58.4 Å². The number of aromatic amines is 2. The highest BCUT2D eigenvalue weighted by Crippen LogP contribution is 2.26. The molecular formula is C52H70N12O10. The second kappa shape index (κ2) is 29.0. The van der Waals surface area contributed by atoms with Crippen LogP contribution in [0.15, 0.2) is 78.3 Å². The third-order valence-electron chi connectivity index (χ3n) is 12.9. The van der Waals surface area contributed by atoms with E-state index in [0.717, 1.165) is 10.9 Å². The number of para-hydroxylation sites is 1. The Morgan fingerprint density at radius 3 is 2.24 bits per heavy atom. The maximum atomic E-state index is 14.8. The van der Waals surface area contributed by atoms with Crippen molar-refractivity contribution in [2.75, 3.05) is 13.1 Å². The summed E-state index contributed by atoms with van der Waals surface area (Å²) in [6, 6.07) is 9.52. The number of benzene rings is 2. The lowest BCUT2D eigenvalue weighted by Crippen LogP contribution is -2.59. The molecule has 1 saturated heterocycles. The van der Waals surface area contributed by atoms with Gasteiger partial charge in [-0.3, -0.25) is 43.3 Å². The number of fused-ring (bicyclic) bond motifs is 1. The van der Waals surface area contributed by atoms with E-state index in [2.05, 4.69) is 51.8 Å². The Bertz CT molecular complexity index is 2580. The number of aliphatic imine (C=N–C) groups is 1. The van der Waals surface area contributed by atoms with Crippen LogP contribution in [-0.2, 0) is 62.4 Å². The number of carboxylic acid groups (broad SMARTS) is 1. The van der Waals surface area contributed by atoms with E-state index in [1.807, 2.05) is 31.2 Å². The summed E-state index contributed by atoms with van der Waals surface area (Å²) in [5, 5.41) is 27.2. The Hall–Kier alpha value is -7.91. The molecule has 22 heteroatoms. The molecule has 22 nitrogen and oxygen atoms in total. The number of rotatable bonds is 17. The van der Waals surface area contributed by atoms with Gasteiger partial charge in [0.1, 0.15) is 30.0 Å². The van der Waals surface area contributed by atoms with Gasteiger partial charge in [-0.25, -0.2) is 9.78 Å². The number of guanidine groups is 1. The van der Waals surface area contributed by atoms with Crippen LogP contribution in [-0.4, -0.2) is 122 Å². The SMILES string of the molecule is CCCCC(NC(C)=O)C(=O)N[C@H]1CC(=O)NCCCCC(C(=O)O)NC(=O)[C@H](Cc2c[nH]c3ccccc23)CC(=O)[C@H](CCCN=C(N)N)CC(=O)[C@@H](Cc2ccccc2)NC(=O)[C@H](Cc2cnc[nH]2)NC1=O. The average molecular weight is 1020 g/mol. The molecular weight excluding hydrogens is 953 g/mol. The second-order valence-corrected chi connectivity index (χ2v) is 18.7. The molecule has 3 heterocycles. The maximum absolute atomic E-state index is 14.8. The zero-order chi connectivity index (χ0) is 53.6. The van der Waals surface area contributed by atoms with Crippen LogP contribution >= 0.6 is 0 Å². The zero-order valence-electron chi connectivity index (χ0n) is 42.0. The largest absolute Gasteiger partial charge is 0.480 e. The van der Waals surface area contributed by atoms with Crippen molar-refractivity contribution in [2.45, 2.75) is 134 Å². The molecule has 0 spiro atoms. The van der Waals surface area contributed by atoms with Crippen LogP contribution in [0.3, 0.4) is 0 Å². The second-order valence-electron chi connectivity index (χ2n) is 18.7. The summed E-state index contributed by atoms with van der Waals surface area (Å²) in [7, 11) is 0. The summed E-state index contributed by atoms with van der Waals surface area (Å²) in [6.07, 6.45) is 5.27. The van der Waals surface area contributed by atoms with E-state index in [4.69, 9.17) is 11.5 Å². The van der Waals surface area contributed by atoms with Crippen LogP contribution in [0, 0.1) is 11.8 Å². The first-order valence-corrected chi connectivity index (χ1v) is 25.2. The number of imidazole rings is 1. The number of carbonyl (C=O) groups excluding carboxylic acids is 8. The average Bonchev–Trinajstić information content (AvgIpc) is 4.04. The predicted octanol–water partition coefficient (Wildman–Crippen LogP) is 1.53. The molecule has 74 heavy (non-hydrogen) atoms. The summed E-state index contributed by atoms with van der Waals surface area (Å²) >= 11 is 0. The van der Waals surface area contributed by atoms with Gasteiger partial charge in [0.05, 0.1) is 18.8 Å². The highest BCUT2D eigenvalue weighted by Gasteiger charge is 2.36. The van der Waals surface area contributed by atoms with E-state index < -0.39 is 108 Å². The molecule has 1 fully saturated rings. The minimum atomic E-state index is -1.57. The molecule has 0 saturated carbocycles. The number of unbranched alkanes of at least 4 members (excludes halogenated alkanes) is 1. The Morgan fingerprint density at radius 2 is 1.54 bits per heavy atom. The van der Waals surface area contributed by atoms with Gasteiger partial charge in [-0.2, -0.15) is 0 Å². The first-order chi connectivity index (χ1) is 35.5. The summed E-state index contributed by atoms with van der Waals surface area (Å²) in [5.74, 6) is -8.92. The van der Waals surface area contributed by atoms with Gasteiger partial charge in [0.25, 0.3) is 0 Å². The number of H-pyrrole nitrogens is 2. The van der Waals surface area contributed by atoms with Gasteiger partial charge in [-0.1, -0.05) is 68.3 Å². The quantitative estimate of drug-likeness (QED) is 0.0407. The van der Waals surface area contributed by atoms with Crippen molar-refractivity contribution in [3.8, 4) is 0 Å². The van der Waals surface area contributed by atoms with Gasteiger partial charge in [-0.15, -0.1) is 0 Å². The highest BCUT2D eigenvalue weighted by atomic mass is 16.4. The number of hydrogen-bond donors (Lipinski definition) is 11. The van der Waals surface area contributed by atoms with Crippen molar-refractivity contribution in [3.05, 3.63) is 90.1 Å². The van der Waals surface area contributed by atoms with E-state index in [9.17, 15) is 48.3 Å². The first-order valence-electron chi connectivity index (χ1n) is 25.2. The lowest BCUT2D eigenvalue weighted by Gasteiger charge is -2.27. The van der Waals surface area contributed by atoms with E-state index in [1.165, 1.54) is 19.4 Å². The molecule has 13 N–H and O–H groups in total. The molecule has 2 aromatic carbocycles. The number of amides is 6. The van der Waals surface area contributed by atoms with E-state index in [-0.39, 0.29) is 83.3 Å². The molecule has 398 valence electrons. The molecule has 6 amide bonds. The summed E-state index contributed by atoms with van der Waals surface area (Å²) in [4.78, 5) is 139. The standard InChI is InChI=1S/C52H70N12O10/c1-3-4-17-39(60-31(2)65)48(70)64-43-27-46(68)56-20-11-10-19-40(51(73)74)61-47(69)34(23-35-28-58-38-18-9-8-16-37(35)38)25-44(66)33(15-12-21-57-52(53)54)24-45(67)41(22-32-13-6-5-7-14-32)62-49(71)42(63-50(43)72)26-36-29-55-30-59-36/h5-9,13-14,16,18,28-30,33-34,39-43,58H,3-4,10-12,15,17,19-27H2,1-2H3,(H,55,59)(H,56,68)(H,60,65)(H,61,69)(H,62,71)(H,63,72)(H,64,70)(H,73,74)(H4,53,54,57)/t33-,34-,39?,40?,41-,42+,43+/m1/s1. The van der Waals surface area contributed by atoms with Crippen LogP contribution in [0.25, 0.3) is 10.9 Å².